The van der Waals surface area contributed by atoms with Crippen LogP contribution in [0.3, 0.4) is 0 Å². The average Bonchev–Trinajstić information content (AvgIpc) is 3.92. The number of benzene rings is 4. The highest BCUT2D eigenvalue weighted by Gasteiger charge is 2.23. The van der Waals surface area contributed by atoms with Gasteiger partial charge in [0.05, 0.1) is 10.6 Å². The molecule has 222 valence electrons. The van der Waals surface area contributed by atoms with E-state index in [-0.39, 0.29) is 0 Å². The van der Waals surface area contributed by atoms with Crippen molar-refractivity contribution >= 4 is 67.4 Å². The second kappa shape index (κ2) is 11.6. The molecule has 0 spiro atoms. The molecule has 47 heavy (non-hydrogen) atoms. The van der Waals surface area contributed by atoms with E-state index in [9.17, 15) is 0 Å². The van der Waals surface area contributed by atoms with Crippen molar-refractivity contribution in [1.82, 2.24) is 20.3 Å². The van der Waals surface area contributed by atoms with Crippen LogP contribution in [0.15, 0.2) is 138 Å². The molecule has 5 aromatic heterocycles. The minimum atomic E-state index is 0.646. The molecule has 0 fully saturated rings. The van der Waals surface area contributed by atoms with Gasteiger partial charge in [-0.25, -0.2) is 9.61 Å². The number of nitrogens with zero attached hydrogens (tertiary/aromatic N) is 4. The molecule has 0 aliphatic rings. The second-order valence-corrected chi connectivity index (χ2v) is 13.3. The van der Waals surface area contributed by atoms with Gasteiger partial charge in [-0.05, 0) is 91.0 Å². The van der Waals surface area contributed by atoms with E-state index in [0.29, 0.717) is 11.0 Å². The molecule has 7 heteroatoms. The lowest BCUT2D eigenvalue weighted by molar-refractivity contribution is 0.315. The Morgan fingerprint density at radius 3 is 1.79 bits per heavy atom. The molecule has 0 radical (unpaired) electrons. The van der Waals surface area contributed by atoms with Crippen LogP contribution in [0.1, 0.15) is 11.3 Å². The smallest absolute Gasteiger partial charge is 0.163 e. The second-order valence-electron chi connectivity index (χ2n) is 11.2. The number of fused-ring (bicyclic) bond motifs is 3. The van der Waals surface area contributed by atoms with Crippen LogP contribution in [0.4, 0.5) is 0 Å². The summed E-state index contributed by atoms with van der Waals surface area (Å²) in [5.41, 5.74) is 7.22. The Kier molecular flexibility index (Phi) is 6.77. The fourth-order valence-corrected chi connectivity index (χ4v) is 8.29. The van der Waals surface area contributed by atoms with Gasteiger partial charge >= 0.3 is 0 Å². The third kappa shape index (κ3) is 4.93. The summed E-state index contributed by atoms with van der Waals surface area (Å²) < 4.78 is 5.44. The molecule has 4 aromatic carbocycles. The van der Waals surface area contributed by atoms with Gasteiger partial charge in [-0.2, -0.15) is 0 Å². The Labute approximate surface area is 278 Å². The van der Waals surface area contributed by atoms with E-state index in [1.807, 2.05) is 12.1 Å². The molecule has 0 aliphatic carbocycles. The number of rotatable bonds is 6. The molecule has 0 saturated carbocycles. The fraction of sp³-hybridized carbons (Fsp3) is 0. The highest BCUT2D eigenvalue weighted by Crippen LogP contribution is 2.44. The Hall–Kier alpha value is -5.76. The van der Waals surface area contributed by atoms with E-state index in [0.717, 1.165) is 32.3 Å². The SMILES string of the molecule is C(=Cc1nc(-c2ccc(-c3cccc4ccccc34)s2)c2nonc2c1-c1ccc(-c2cccc3ccccc23)s1)c1ccncc1. The summed E-state index contributed by atoms with van der Waals surface area (Å²) >= 11 is 3.42. The number of thiophene rings is 2. The normalized spacial score (nSPS) is 11.7. The first-order valence-electron chi connectivity index (χ1n) is 15.2. The van der Waals surface area contributed by atoms with E-state index < -0.39 is 0 Å². The summed E-state index contributed by atoms with van der Waals surface area (Å²) in [5.74, 6) is 0. The molecule has 0 bridgehead atoms. The third-order valence-corrected chi connectivity index (χ3v) is 10.6. The number of hydrogen-bond donors (Lipinski definition) is 0. The number of pyridine rings is 2. The zero-order valence-electron chi connectivity index (χ0n) is 24.9. The van der Waals surface area contributed by atoms with E-state index in [2.05, 4.69) is 137 Å². The summed E-state index contributed by atoms with van der Waals surface area (Å²) in [6, 6.07) is 42.4. The molecule has 0 atom stereocenters. The Balaban J connectivity index is 1.21. The summed E-state index contributed by atoms with van der Waals surface area (Å²) in [4.78, 5) is 13.9. The van der Waals surface area contributed by atoms with Crippen molar-refractivity contribution in [3.63, 3.8) is 0 Å². The van der Waals surface area contributed by atoms with Gasteiger partial charge in [-0.1, -0.05) is 91.0 Å². The first kappa shape index (κ1) is 27.5. The van der Waals surface area contributed by atoms with Crippen LogP contribution in [0.2, 0.25) is 0 Å². The fourth-order valence-electron chi connectivity index (χ4n) is 6.15. The summed E-state index contributed by atoms with van der Waals surface area (Å²) in [6.45, 7) is 0. The molecule has 5 nitrogen and oxygen atoms in total. The molecule has 0 aliphatic heterocycles. The molecule has 0 saturated heterocycles. The lowest BCUT2D eigenvalue weighted by atomic mass is 10.0. The van der Waals surface area contributed by atoms with Crippen molar-refractivity contribution in [2.24, 2.45) is 0 Å². The lowest BCUT2D eigenvalue weighted by Gasteiger charge is -2.08. The molecule has 0 N–H and O–H groups in total. The van der Waals surface area contributed by atoms with Crippen LogP contribution in [-0.4, -0.2) is 20.3 Å². The van der Waals surface area contributed by atoms with Crippen molar-refractivity contribution < 1.29 is 4.63 Å². The maximum Gasteiger partial charge on any atom is 0.163 e. The Bertz CT molecular complexity index is 2590. The van der Waals surface area contributed by atoms with Crippen LogP contribution >= 0.6 is 22.7 Å². The van der Waals surface area contributed by atoms with Crippen molar-refractivity contribution in [1.29, 1.82) is 0 Å². The standard InChI is InChI=1S/C40H24N4OS2/c1-3-11-28-26(7-1)9-5-13-30(28)33-17-19-35(46-33)37-32(16-15-25-21-23-41-24-22-25)42-38(40-39(37)43-45-44-40)36-20-18-34(47-36)31-14-6-10-27-8-2-4-12-29(27)31/h1-24H. The van der Waals surface area contributed by atoms with Crippen molar-refractivity contribution in [2.45, 2.75) is 0 Å². The molecular weight excluding hydrogens is 617 g/mol. The minimum absolute atomic E-state index is 0.646. The van der Waals surface area contributed by atoms with Crippen LogP contribution in [0, 0.1) is 0 Å². The highest BCUT2D eigenvalue weighted by atomic mass is 32.1. The van der Waals surface area contributed by atoms with Gasteiger partial charge < -0.3 is 0 Å². The number of aromatic nitrogens is 4. The van der Waals surface area contributed by atoms with Crippen molar-refractivity contribution in [2.75, 3.05) is 0 Å². The van der Waals surface area contributed by atoms with Gasteiger partial charge in [0.25, 0.3) is 0 Å². The van der Waals surface area contributed by atoms with E-state index >= 15 is 0 Å². The maximum absolute atomic E-state index is 5.44. The molecule has 0 amide bonds. The van der Waals surface area contributed by atoms with Crippen molar-refractivity contribution in [3.8, 4) is 41.9 Å². The largest absolute Gasteiger partial charge is 0.265 e. The zero-order chi connectivity index (χ0) is 31.2. The van der Waals surface area contributed by atoms with Crippen LogP contribution < -0.4 is 0 Å². The summed E-state index contributed by atoms with van der Waals surface area (Å²) in [5, 5.41) is 13.8. The van der Waals surface area contributed by atoms with Gasteiger partial charge in [-0.3, -0.25) is 4.98 Å². The van der Waals surface area contributed by atoms with Crippen LogP contribution in [-0.2, 0) is 0 Å². The van der Waals surface area contributed by atoms with Gasteiger partial charge in [-0.15, -0.1) is 22.7 Å². The molecule has 9 aromatic rings. The van der Waals surface area contributed by atoms with E-state index in [1.165, 1.54) is 42.4 Å². The van der Waals surface area contributed by atoms with Gasteiger partial charge in [0.2, 0.25) is 0 Å². The van der Waals surface area contributed by atoms with Crippen molar-refractivity contribution in [3.05, 3.63) is 145 Å². The first-order valence-corrected chi connectivity index (χ1v) is 16.8. The monoisotopic (exact) mass is 640 g/mol. The molecular formula is C40H24N4OS2. The topological polar surface area (TPSA) is 64.7 Å². The summed E-state index contributed by atoms with van der Waals surface area (Å²) in [7, 11) is 0. The zero-order valence-corrected chi connectivity index (χ0v) is 26.5. The predicted molar refractivity (Wildman–Crippen MR) is 195 cm³/mol. The van der Waals surface area contributed by atoms with Crippen LogP contribution in [0.25, 0.3) is 86.6 Å². The minimum Gasteiger partial charge on any atom is -0.265 e. The average molecular weight is 641 g/mol. The van der Waals surface area contributed by atoms with Gasteiger partial charge in [0.15, 0.2) is 5.52 Å². The van der Waals surface area contributed by atoms with E-state index in [4.69, 9.17) is 9.61 Å². The van der Waals surface area contributed by atoms with Crippen LogP contribution in [0.5, 0.6) is 0 Å². The van der Waals surface area contributed by atoms with E-state index in [1.54, 1.807) is 35.1 Å². The predicted octanol–water partition coefficient (Wildman–Crippen LogP) is 11.3. The van der Waals surface area contributed by atoms with Gasteiger partial charge in [0.1, 0.15) is 11.2 Å². The Morgan fingerprint density at radius 1 is 0.511 bits per heavy atom. The highest BCUT2D eigenvalue weighted by molar-refractivity contribution is 7.19. The lowest BCUT2D eigenvalue weighted by Crippen LogP contribution is -1.93. The molecule has 0 unspecified atom stereocenters. The first-order chi connectivity index (χ1) is 23.3. The molecule has 9 rings (SSSR count). The quantitative estimate of drug-likeness (QED) is 0.181. The summed E-state index contributed by atoms with van der Waals surface area (Å²) in [6.07, 6.45) is 7.70. The Morgan fingerprint density at radius 2 is 1.09 bits per heavy atom. The van der Waals surface area contributed by atoms with Gasteiger partial charge in [0, 0.05) is 32.6 Å². The number of hydrogen-bond acceptors (Lipinski definition) is 7. The maximum atomic E-state index is 5.44. The molecule has 5 heterocycles. The third-order valence-electron chi connectivity index (χ3n) is 8.38.